The van der Waals surface area contributed by atoms with Gasteiger partial charge in [0, 0.05) is 25.3 Å². The number of primary amides is 1. The number of anilines is 1. The number of halogens is 3. The van der Waals surface area contributed by atoms with Gasteiger partial charge in [-0.1, -0.05) is 0 Å². The number of alkyl halides is 3. The standard InChI is InChI=1S/C18H15F3N4O3/c19-18(20,21)13-8-12(4-3-11(13)9-22)24-5-6-25(14(10-24)16(23)26)17(27)15-2-1-7-28-15/h1-4,7-8,14H,5-6,10H2,(H2,23,26). The van der Waals surface area contributed by atoms with E-state index in [1.165, 1.54) is 40.3 Å². The molecule has 1 saturated heterocycles. The van der Waals surface area contributed by atoms with Crippen molar-refractivity contribution in [3.63, 3.8) is 0 Å². The molecule has 0 aliphatic carbocycles. The normalized spacial score (nSPS) is 17.3. The highest BCUT2D eigenvalue weighted by Crippen LogP contribution is 2.35. The van der Waals surface area contributed by atoms with Gasteiger partial charge in [-0.2, -0.15) is 18.4 Å². The summed E-state index contributed by atoms with van der Waals surface area (Å²) in [7, 11) is 0. The van der Waals surface area contributed by atoms with Gasteiger partial charge in [0.15, 0.2) is 5.76 Å². The third-order valence-electron chi connectivity index (χ3n) is 4.50. The van der Waals surface area contributed by atoms with Gasteiger partial charge in [0.2, 0.25) is 5.91 Å². The highest BCUT2D eigenvalue weighted by Gasteiger charge is 2.37. The van der Waals surface area contributed by atoms with Crippen molar-refractivity contribution >= 4 is 17.5 Å². The van der Waals surface area contributed by atoms with E-state index in [0.717, 1.165) is 12.1 Å². The first-order chi connectivity index (χ1) is 13.2. The molecule has 2 heterocycles. The lowest BCUT2D eigenvalue weighted by Crippen LogP contribution is -2.60. The van der Waals surface area contributed by atoms with Gasteiger partial charge < -0.3 is 20.0 Å². The molecule has 2 amide bonds. The lowest BCUT2D eigenvalue weighted by atomic mass is 10.0. The van der Waals surface area contributed by atoms with Gasteiger partial charge in [-0.05, 0) is 30.3 Å². The molecule has 0 radical (unpaired) electrons. The summed E-state index contributed by atoms with van der Waals surface area (Å²) in [6.45, 7) is 0.166. The number of rotatable bonds is 3. The van der Waals surface area contributed by atoms with Crippen molar-refractivity contribution in [1.82, 2.24) is 4.90 Å². The zero-order valence-corrected chi connectivity index (χ0v) is 14.4. The number of carbonyl (C=O) groups excluding carboxylic acids is 2. The molecule has 1 aliphatic heterocycles. The Bertz CT molecular complexity index is 935. The van der Waals surface area contributed by atoms with Crippen LogP contribution in [0.3, 0.4) is 0 Å². The fourth-order valence-corrected chi connectivity index (χ4v) is 3.11. The highest BCUT2D eigenvalue weighted by molar-refractivity contribution is 5.95. The maximum absolute atomic E-state index is 13.2. The SMILES string of the molecule is N#Cc1ccc(N2CCN(C(=O)c3ccco3)C(C(N)=O)C2)cc1C(F)(F)F. The van der Waals surface area contributed by atoms with Crippen LogP contribution in [0.5, 0.6) is 0 Å². The average Bonchev–Trinajstić information content (AvgIpc) is 3.20. The zero-order chi connectivity index (χ0) is 20.5. The van der Waals surface area contributed by atoms with Crippen LogP contribution in [-0.4, -0.2) is 42.4 Å². The van der Waals surface area contributed by atoms with Gasteiger partial charge >= 0.3 is 6.18 Å². The van der Waals surface area contributed by atoms with Crippen molar-refractivity contribution in [2.24, 2.45) is 5.73 Å². The predicted molar refractivity (Wildman–Crippen MR) is 91.1 cm³/mol. The molecule has 1 fully saturated rings. The van der Waals surface area contributed by atoms with Gasteiger partial charge in [0.1, 0.15) is 6.04 Å². The van der Waals surface area contributed by atoms with Crippen molar-refractivity contribution in [2.45, 2.75) is 12.2 Å². The van der Waals surface area contributed by atoms with Crippen molar-refractivity contribution in [3.05, 3.63) is 53.5 Å². The minimum atomic E-state index is -4.69. The van der Waals surface area contributed by atoms with Crippen molar-refractivity contribution in [2.75, 3.05) is 24.5 Å². The molecular formula is C18H15F3N4O3. The third kappa shape index (κ3) is 3.64. The van der Waals surface area contributed by atoms with E-state index in [4.69, 9.17) is 15.4 Å². The van der Waals surface area contributed by atoms with E-state index in [-0.39, 0.29) is 31.1 Å². The maximum Gasteiger partial charge on any atom is 0.417 e. The molecule has 2 aromatic rings. The third-order valence-corrected chi connectivity index (χ3v) is 4.50. The summed E-state index contributed by atoms with van der Waals surface area (Å²) in [4.78, 5) is 27.2. The van der Waals surface area contributed by atoms with Crippen molar-refractivity contribution < 1.29 is 27.2 Å². The molecule has 1 aliphatic rings. The van der Waals surface area contributed by atoms with Crippen LogP contribution in [0, 0.1) is 11.3 Å². The van der Waals surface area contributed by atoms with Crippen molar-refractivity contribution in [1.29, 1.82) is 5.26 Å². The number of nitrogens with zero attached hydrogens (tertiary/aromatic N) is 3. The Balaban J connectivity index is 1.88. The molecule has 2 N–H and O–H groups in total. The molecule has 0 bridgehead atoms. The number of hydrogen-bond donors (Lipinski definition) is 1. The summed E-state index contributed by atoms with van der Waals surface area (Å²) in [6, 6.07) is 6.76. The van der Waals surface area contributed by atoms with Crippen LogP contribution < -0.4 is 10.6 Å². The summed E-state index contributed by atoms with van der Waals surface area (Å²) in [5, 5.41) is 8.91. The van der Waals surface area contributed by atoms with Crippen LogP contribution in [0.4, 0.5) is 18.9 Å². The van der Waals surface area contributed by atoms with E-state index < -0.39 is 35.2 Å². The molecule has 7 nitrogen and oxygen atoms in total. The maximum atomic E-state index is 13.2. The monoisotopic (exact) mass is 392 g/mol. The smallest absolute Gasteiger partial charge is 0.417 e. The van der Waals surface area contributed by atoms with Gasteiger partial charge in [0.25, 0.3) is 5.91 Å². The number of hydrogen-bond acceptors (Lipinski definition) is 5. The minimum absolute atomic E-state index is 0.0393. The summed E-state index contributed by atoms with van der Waals surface area (Å²) in [6.07, 6.45) is -3.38. The molecule has 146 valence electrons. The Kier molecular flexibility index (Phi) is 5.00. The molecule has 10 heteroatoms. The molecule has 1 aromatic carbocycles. The lowest BCUT2D eigenvalue weighted by Gasteiger charge is -2.40. The number of nitrogens with two attached hydrogens (primary N) is 1. The van der Waals surface area contributed by atoms with Crippen LogP contribution in [0.25, 0.3) is 0 Å². The molecule has 1 aromatic heterocycles. The second-order valence-corrected chi connectivity index (χ2v) is 6.18. The number of amides is 2. The van der Waals surface area contributed by atoms with E-state index in [1.807, 2.05) is 0 Å². The first kappa shape index (κ1) is 19.3. The Morgan fingerprint density at radius 2 is 2.00 bits per heavy atom. The fourth-order valence-electron chi connectivity index (χ4n) is 3.11. The van der Waals surface area contributed by atoms with Gasteiger partial charge in [-0.3, -0.25) is 9.59 Å². The van der Waals surface area contributed by atoms with Crippen LogP contribution >= 0.6 is 0 Å². The van der Waals surface area contributed by atoms with Gasteiger partial charge in [0.05, 0.1) is 23.5 Å². The van der Waals surface area contributed by atoms with E-state index in [2.05, 4.69) is 0 Å². The lowest BCUT2D eigenvalue weighted by molar-refractivity contribution is -0.137. The predicted octanol–water partition coefficient (Wildman–Crippen LogP) is 1.99. The van der Waals surface area contributed by atoms with Gasteiger partial charge in [-0.15, -0.1) is 0 Å². The second-order valence-electron chi connectivity index (χ2n) is 6.18. The Labute approximate surface area is 157 Å². The Morgan fingerprint density at radius 3 is 2.57 bits per heavy atom. The largest absolute Gasteiger partial charge is 0.459 e. The minimum Gasteiger partial charge on any atom is -0.459 e. The number of benzene rings is 1. The fraction of sp³-hybridized carbons (Fsp3) is 0.278. The number of carbonyl (C=O) groups is 2. The number of nitriles is 1. The topological polar surface area (TPSA) is 104 Å². The van der Waals surface area contributed by atoms with E-state index >= 15 is 0 Å². The van der Waals surface area contributed by atoms with Crippen LogP contribution in [0.2, 0.25) is 0 Å². The first-order valence-electron chi connectivity index (χ1n) is 8.22. The molecule has 0 saturated carbocycles. The quantitative estimate of drug-likeness (QED) is 0.860. The first-order valence-corrected chi connectivity index (χ1v) is 8.22. The summed E-state index contributed by atoms with van der Waals surface area (Å²) < 4.78 is 44.7. The number of furan rings is 1. The van der Waals surface area contributed by atoms with E-state index in [0.29, 0.717) is 0 Å². The summed E-state index contributed by atoms with van der Waals surface area (Å²) in [5.74, 6) is -1.27. The second kappa shape index (κ2) is 7.26. The van der Waals surface area contributed by atoms with Crippen LogP contribution in [0.15, 0.2) is 41.0 Å². The zero-order valence-electron chi connectivity index (χ0n) is 14.4. The van der Waals surface area contributed by atoms with Crippen molar-refractivity contribution in [3.8, 4) is 6.07 Å². The molecule has 28 heavy (non-hydrogen) atoms. The molecule has 1 atom stereocenters. The number of piperazine rings is 1. The summed E-state index contributed by atoms with van der Waals surface area (Å²) >= 11 is 0. The molecule has 1 unspecified atom stereocenters. The average molecular weight is 392 g/mol. The Hall–Kier alpha value is -3.48. The van der Waals surface area contributed by atoms with Crippen LogP contribution in [0.1, 0.15) is 21.7 Å². The molecule has 3 rings (SSSR count). The van der Waals surface area contributed by atoms with E-state index in [9.17, 15) is 22.8 Å². The molecule has 0 spiro atoms. The van der Waals surface area contributed by atoms with Gasteiger partial charge in [-0.25, -0.2) is 0 Å². The van der Waals surface area contributed by atoms with E-state index in [1.54, 1.807) is 0 Å². The summed E-state index contributed by atoms with van der Waals surface area (Å²) in [5.41, 5.74) is 4.05. The molecular weight excluding hydrogens is 377 g/mol. The Morgan fingerprint density at radius 1 is 1.25 bits per heavy atom. The highest BCUT2D eigenvalue weighted by atomic mass is 19.4. The van der Waals surface area contributed by atoms with Crippen LogP contribution in [-0.2, 0) is 11.0 Å².